The van der Waals surface area contributed by atoms with Gasteiger partial charge in [-0.15, -0.1) is 0 Å². The molecule has 0 unspecified atom stereocenters. The van der Waals surface area contributed by atoms with Crippen LogP contribution in [0.2, 0.25) is 0 Å². The van der Waals surface area contributed by atoms with Crippen LogP contribution in [0, 0.1) is 0 Å². The van der Waals surface area contributed by atoms with E-state index >= 15 is 0 Å². The molecule has 0 saturated heterocycles. The second-order valence-corrected chi connectivity index (χ2v) is 4.54. The zero-order valence-electron chi connectivity index (χ0n) is 11.0. The Morgan fingerprint density at radius 2 is 2.06 bits per heavy atom. The van der Waals surface area contributed by atoms with Gasteiger partial charge in [0.15, 0.2) is 5.84 Å². The van der Waals surface area contributed by atoms with Gasteiger partial charge in [0.25, 0.3) is 0 Å². The summed E-state index contributed by atoms with van der Waals surface area (Å²) in [4.78, 5) is 0. The standard InChI is InChI=1S/C13H20N2O3/c1-13(2,17-3)8-9-18-11-7-5-4-6-10(11)12(14)15-16/h4-7,16H,8-9H2,1-3H3,(H2,14,15). The van der Waals surface area contributed by atoms with E-state index in [0.29, 0.717) is 17.9 Å². The predicted molar refractivity (Wildman–Crippen MR) is 70.2 cm³/mol. The summed E-state index contributed by atoms with van der Waals surface area (Å²) in [6.45, 7) is 4.48. The van der Waals surface area contributed by atoms with Crippen molar-refractivity contribution in [1.82, 2.24) is 0 Å². The molecule has 0 aromatic heterocycles. The number of hydrogen-bond acceptors (Lipinski definition) is 4. The molecule has 1 rings (SSSR count). The average Bonchev–Trinajstić information content (AvgIpc) is 2.38. The lowest BCUT2D eigenvalue weighted by molar-refractivity contribution is 0.00544. The third kappa shape index (κ3) is 3.92. The minimum Gasteiger partial charge on any atom is -0.493 e. The Hall–Kier alpha value is -1.75. The van der Waals surface area contributed by atoms with Crippen LogP contribution in [0.4, 0.5) is 0 Å². The maximum Gasteiger partial charge on any atom is 0.173 e. The largest absolute Gasteiger partial charge is 0.493 e. The monoisotopic (exact) mass is 252 g/mol. The Kier molecular flexibility index (Phi) is 4.97. The quantitative estimate of drug-likeness (QED) is 0.351. The summed E-state index contributed by atoms with van der Waals surface area (Å²) in [5, 5.41) is 11.7. The molecule has 0 radical (unpaired) electrons. The van der Waals surface area contributed by atoms with E-state index < -0.39 is 0 Å². The van der Waals surface area contributed by atoms with Gasteiger partial charge in [-0.2, -0.15) is 0 Å². The summed E-state index contributed by atoms with van der Waals surface area (Å²) in [5.74, 6) is 0.635. The molecule has 0 bridgehead atoms. The number of hydrogen-bond donors (Lipinski definition) is 2. The van der Waals surface area contributed by atoms with Crippen molar-refractivity contribution in [2.45, 2.75) is 25.9 Å². The van der Waals surface area contributed by atoms with Gasteiger partial charge >= 0.3 is 0 Å². The highest BCUT2D eigenvalue weighted by molar-refractivity contribution is 5.99. The SMILES string of the molecule is COC(C)(C)CCOc1ccccc1/C(N)=N/O. The van der Waals surface area contributed by atoms with Crippen molar-refractivity contribution in [3.05, 3.63) is 29.8 Å². The minimum absolute atomic E-state index is 0.0385. The van der Waals surface area contributed by atoms with Crippen LogP contribution >= 0.6 is 0 Å². The first-order valence-electron chi connectivity index (χ1n) is 5.75. The predicted octanol–water partition coefficient (Wildman–Crippen LogP) is 1.97. The molecule has 0 saturated carbocycles. The highest BCUT2D eigenvalue weighted by Gasteiger charge is 2.16. The zero-order chi connectivity index (χ0) is 13.6. The Bertz CT molecular complexity index is 416. The Labute approximate surface area is 107 Å². The molecule has 0 amide bonds. The van der Waals surface area contributed by atoms with Crippen LogP contribution in [0.3, 0.4) is 0 Å². The molecule has 5 heteroatoms. The lowest BCUT2D eigenvalue weighted by Crippen LogP contribution is -2.25. The van der Waals surface area contributed by atoms with Gasteiger partial charge < -0.3 is 20.4 Å². The molecule has 1 aromatic carbocycles. The Balaban J connectivity index is 2.68. The van der Waals surface area contributed by atoms with Gasteiger partial charge in [-0.25, -0.2) is 0 Å². The van der Waals surface area contributed by atoms with Gasteiger partial charge in [0, 0.05) is 13.5 Å². The maximum atomic E-state index is 8.69. The fourth-order valence-corrected chi connectivity index (χ4v) is 1.37. The molecule has 0 aliphatic rings. The van der Waals surface area contributed by atoms with Gasteiger partial charge in [0.05, 0.1) is 17.8 Å². The van der Waals surface area contributed by atoms with E-state index in [4.69, 9.17) is 20.4 Å². The molecule has 0 aliphatic heterocycles. The Morgan fingerprint density at radius 1 is 1.39 bits per heavy atom. The topological polar surface area (TPSA) is 77.1 Å². The smallest absolute Gasteiger partial charge is 0.173 e. The molecular weight excluding hydrogens is 232 g/mol. The van der Waals surface area contributed by atoms with Crippen molar-refractivity contribution >= 4 is 5.84 Å². The minimum atomic E-state index is -0.231. The molecule has 0 heterocycles. The number of oxime groups is 1. The number of ether oxygens (including phenoxy) is 2. The van der Waals surface area contributed by atoms with Gasteiger partial charge in [-0.1, -0.05) is 17.3 Å². The lowest BCUT2D eigenvalue weighted by Gasteiger charge is -2.23. The normalized spacial score (nSPS) is 12.5. The zero-order valence-corrected chi connectivity index (χ0v) is 11.0. The summed E-state index contributed by atoms with van der Waals surface area (Å²) < 4.78 is 11.0. The van der Waals surface area contributed by atoms with Crippen LogP contribution in [-0.2, 0) is 4.74 Å². The van der Waals surface area contributed by atoms with Crippen molar-refractivity contribution in [3.63, 3.8) is 0 Å². The summed E-state index contributed by atoms with van der Waals surface area (Å²) in [5.41, 5.74) is 5.92. The summed E-state index contributed by atoms with van der Waals surface area (Å²) >= 11 is 0. The van der Waals surface area contributed by atoms with E-state index in [1.807, 2.05) is 19.9 Å². The number of para-hydroxylation sites is 1. The maximum absolute atomic E-state index is 8.69. The van der Waals surface area contributed by atoms with Crippen LogP contribution in [0.25, 0.3) is 0 Å². The van der Waals surface area contributed by atoms with Gasteiger partial charge in [-0.05, 0) is 26.0 Å². The molecule has 0 fully saturated rings. The van der Waals surface area contributed by atoms with Crippen molar-refractivity contribution in [2.75, 3.05) is 13.7 Å². The van der Waals surface area contributed by atoms with Gasteiger partial charge in [0.1, 0.15) is 5.75 Å². The van der Waals surface area contributed by atoms with E-state index in [-0.39, 0.29) is 11.4 Å². The number of rotatable bonds is 6. The molecular formula is C13H20N2O3. The van der Waals surface area contributed by atoms with Crippen LogP contribution in [0.1, 0.15) is 25.8 Å². The summed E-state index contributed by atoms with van der Waals surface area (Å²) in [7, 11) is 1.67. The molecule has 0 aliphatic carbocycles. The number of methoxy groups -OCH3 is 1. The van der Waals surface area contributed by atoms with Crippen LogP contribution in [0.15, 0.2) is 29.4 Å². The highest BCUT2D eigenvalue weighted by Crippen LogP contribution is 2.19. The highest BCUT2D eigenvalue weighted by atomic mass is 16.5. The first-order chi connectivity index (χ1) is 8.50. The fraction of sp³-hybridized carbons (Fsp3) is 0.462. The van der Waals surface area contributed by atoms with Crippen molar-refractivity contribution in [2.24, 2.45) is 10.9 Å². The number of nitrogens with zero attached hydrogens (tertiary/aromatic N) is 1. The second-order valence-electron chi connectivity index (χ2n) is 4.54. The second kappa shape index (κ2) is 6.26. The Morgan fingerprint density at radius 3 is 2.67 bits per heavy atom. The van der Waals surface area contributed by atoms with E-state index in [0.717, 1.165) is 6.42 Å². The molecule has 0 atom stereocenters. The number of amidine groups is 1. The molecule has 18 heavy (non-hydrogen) atoms. The van der Waals surface area contributed by atoms with Crippen LogP contribution < -0.4 is 10.5 Å². The van der Waals surface area contributed by atoms with E-state index in [1.54, 1.807) is 25.3 Å². The molecule has 0 spiro atoms. The number of benzene rings is 1. The van der Waals surface area contributed by atoms with Crippen LogP contribution in [0.5, 0.6) is 5.75 Å². The first-order valence-corrected chi connectivity index (χ1v) is 5.75. The summed E-state index contributed by atoms with van der Waals surface area (Å²) in [6.07, 6.45) is 0.744. The van der Waals surface area contributed by atoms with E-state index in [9.17, 15) is 0 Å². The molecule has 100 valence electrons. The molecule has 1 aromatic rings. The average molecular weight is 252 g/mol. The third-order valence-electron chi connectivity index (χ3n) is 2.79. The first kappa shape index (κ1) is 14.3. The van der Waals surface area contributed by atoms with E-state index in [1.165, 1.54) is 0 Å². The van der Waals surface area contributed by atoms with Crippen molar-refractivity contribution in [1.29, 1.82) is 0 Å². The summed E-state index contributed by atoms with van der Waals surface area (Å²) in [6, 6.07) is 7.17. The van der Waals surface area contributed by atoms with Crippen molar-refractivity contribution < 1.29 is 14.7 Å². The van der Waals surface area contributed by atoms with Gasteiger partial charge in [0.2, 0.25) is 0 Å². The lowest BCUT2D eigenvalue weighted by atomic mass is 10.1. The molecule has 5 nitrogen and oxygen atoms in total. The van der Waals surface area contributed by atoms with Crippen molar-refractivity contribution in [3.8, 4) is 5.75 Å². The molecule has 3 N–H and O–H groups in total. The van der Waals surface area contributed by atoms with Crippen LogP contribution in [-0.4, -0.2) is 30.4 Å². The third-order valence-corrected chi connectivity index (χ3v) is 2.79. The fourth-order valence-electron chi connectivity index (χ4n) is 1.37. The number of nitrogens with two attached hydrogens (primary N) is 1. The van der Waals surface area contributed by atoms with E-state index in [2.05, 4.69) is 5.16 Å². The van der Waals surface area contributed by atoms with Gasteiger partial charge in [-0.3, -0.25) is 0 Å².